The van der Waals surface area contributed by atoms with E-state index in [0.717, 1.165) is 11.1 Å². The van der Waals surface area contributed by atoms with Gasteiger partial charge in [-0.05, 0) is 61.6 Å². The summed E-state index contributed by atoms with van der Waals surface area (Å²) in [7, 11) is 0. The predicted molar refractivity (Wildman–Crippen MR) is 85.5 cm³/mol. The van der Waals surface area contributed by atoms with Crippen LogP contribution in [0.15, 0.2) is 30.3 Å². The maximum absolute atomic E-state index is 10.5. The monoisotopic (exact) mass is 288 g/mol. The average molecular weight is 289 g/mol. The van der Waals surface area contributed by atoms with Gasteiger partial charge in [0.05, 0.1) is 6.10 Å². The molecule has 0 bridgehead atoms. The van der Waals surface area contributed by atoms with Gasteiger partial charge in [-0.15, -0.1) is 0 Å². The second-order valence-corrected chi connectivity index (χ2v) is 5.96. The predicted octanol–water partition coefficient (Wildman–Crippen LogP) is 4.85. The van der Waals surface area contributed by atoms with Crippen molar-refractivity contribution < 1.29 is 5.11 Å². The van der Waals surface area contributed by atoms with Gasteiger partial charge in [0.1, 0.15) is 0 Å². The van der Waals surface area contributed by atoms with Crippen molar-refractivity contribution in [3.05, 3.63) is 68.7 Å². The van der Waals surface area contributed by atoms with E-state index in [1.165, 1.54) is 22.3 Å². The minimum atomic E-state index is -0.520. The molecule has 20 heavy (non-hydrogen) atoms. The normalized spacial score (nSPS) is 12.5. The summed E-state index contributed by atoms with van der Waals surface area (Å²) in [6.07, 6.45) is 0.105. The summed E-state index contributed by atoms with van der Waals surface area (Å²) in [5.41, 5.74) is 6.84. The van der Waals surface area contributed by atoms with Gasteiger partial charge >= 0.3 is 0 Å². The van der Waals surface area contributed by atoms with Crippen molar-refractivity contribution in [2.75, 3.05) is 0 Å². The van der Waals surface area contributed by atoms with Crippen molar-refractivity contribution in [2.24, 2.45) is 0 Å². The zero-order valence-corrected chi connectivity index (χ0v) is 13.3. The number of aryl methyl sites for hydroxylation is 3. The Balaban J connectivity index is 2.33. The van der Waals surface area contributed by atoms with E-state index in [9.17, 15) is 5.11 Å². The molecule has 1 nitrogen and oxygen atoms in total. The number of rotatable bonds is 3. The molecule has 106 valence electrons. The number of aliphatic hydroxyl groups is 1. The molecule has 0 aromatic heterocycles. The largest absolute Gasteiger partial charge is 0.388 e. The van der Waals surface area contributed by atoms with Crippen LogP contribution in [0.4, 0.5) is 0 Å². The smallest absolute Gasteiger partial charge is 0.0833 e. The molecule has 0 aliphatic rings. The Morgan fingerprint density at radius 2 is 1.65 bits per heavy atom. The number of benzene rings is 2. The van der Waals surface area contributed by atoms with Gasteiger partial charge in [0.15, 0.2) is 0 Å². The first-order chi connectivity index (χ1) is 9.40. The highest BCUT2D eigenvalue weighted by Gasteiger charge is 2.15. The van der Waals surface area contributed by atoms with Crippen LogP contribution in [0.5, 0.6) is 0 Å². The van der Waals surface area contributed by atoms with Gasteiger partial charge in [-0.3, -0.25) is 0 Å². The lowest BCUT2D eigenvalue weighted by Gasteiger charge is -2.18. The maximum atomic E-state index is 10.5. The molecular formula is C18H21ClO. The lowest BCUT2D eigenvalue weighted by molar-refractivity contribution is 0.177. The van der Waals surface area contributed by atoms with Gasteiger partial charge in [-0.25, -0.2) is 0 Å². The van der Waals surface area contributed by atoms with Gasteiger partial charge in [0, 0.05) is 11.4 Å². The minimum Gasteiger partial charge on any atom is -0.388 e. The van der Waals surface area contributed by atoms with Crippen LogP contribution in [0, 0.1) is 27.7 Å². The van der Waals surface area contributed by atoms with Gasteiger partial charge in [-0.1, -0.05) is 41.4 Å². The van der Waals surface area contributed by atoms with Crippen LogP contribution in [0.2, 0.25) is 5.02 Å². The van der Waals surface area contributed by atoms with E-state index in [1.807, 2.05) is 25.1 Å². The van der Waals surface area contributed by atoms with Crippen LogP contribution in [-0.4, -0.2) is 5.11 Å². The fourth-order valence-electron chi connectivity index (χ4n) is 2.82. The third kappa shape index (κ3) is 3.05. The third-order valence-electron chi connectivity index (χ3n) is 3.91. The van der Waals surface area contributed by atoms with Crippen LogP contribution < -0.4 is 0 Å². The Labute approximate surface area is 126 Å². The second kappa shape index (κ2) is 5.99. The molecule has 2 aromatic carbocycles. The van der Waals surface area contributed by atoms with Gasteiger partial charge in [0.2, 0.25) is 0 Å². The van der Waals surface area contributed by atoms with Crippen molar-refractivity contribution in [3.63, 3.8) is 0 Å². The second-order valence-electron chi connectivity index (χ2n) is 5.55. The van der Waals surface area contributed by atoms with Crippen molar-refractivity contribution in [3.8, 4) is 0 Å². The quantitative estimate of drug-likeness (QED) is 0.856. The standard InChI is InChI=1S/C18H21ClO/c1-11-8-12(2)16(13(3)9-11)10-18(20)15-6-5-7-17(19)14(15)4/h5-9,18,20H,10H2,1-4H3. The molecule has 0 aliphatic carbocycles. The Kier molecular flexibility index (Phi) is 4.52. The van der Waals surface area contributed by atoms with E-state index in [-0.39, 0.29) is 0 Å². The molecule has 0 spiro atoms. The molecule has 2 aromatic rings. The first-order valence-electron chi connectivity index (χ1n) is 6.90. The Morgan fingerprint density at radius 3 is 2.25 bits per heavy atom. The van der Waals surface area contributed by atoms with Crippen LogP contribution in [-0.2, 0) is 6.42 Å². The fourth-order valence-corrected chi connectivity index (χ4v) is 3.00. The molecule has 2 rings (SSSR count). The summed E-state index contributed by atoms with van der Waals surface area (Å²) in [4.78, 5) is 0. The van der Waals surface area contributed by atoms with Crippen molar-refractivity contribution in [2.45, 2.75) is 40.2 Å². The van der Waals surface area contributed by atoms with E-state index in [4.69, 9.17) is 11.6 Å². The topological polar surface area (TPSA) is 20.2 Å². The number of hydrogen-bond acceptors (Lipinski definition) is 1. The molecule has 0 fully saturated rings. The Bertz CT molecular complexity index is 608. The Hall–Kier alpha value is -1.31. The molecule has 2 heteroatoms. The van der Waals surface area contributed by atoms with Crippen molar-refractivity contribution >= 4 is 11.6 Å². The molecule has 0 heterocycles. The molecular weight excluding hydrogens is 268 g/mol. The molecule has 0 saturated carbocycles. The fraction of sp³-hybridized carbons (Fsp3) is 0.333. The molecule has 0 radical (unpaired) electrons. The SMILES string of the molecule is Cc1cc(C)c(CC(O)c2cccc(Cl)c2C)c(C)c1. The summed E-state index contributed by atoms with van der Waals surface area (Å²) < 4.78 is 0. The summed E-state index contributed by atoms with van der Waals surface area (Å²) in [5.74, 6) is 0. The highest BCUT2D eigenvalue weighted by molar-refractivity contribution is 6.31. The molecule has 0 aliphatic heterocycles. The molecule has 1 N–H and O–H groups in total. The lowest BCUT2D eigenvalue weighted by Crippen LogP contribution is -2.07. The summed E-state index contributed by atoms with van der Waals surface area (Å²) >= 11 is 6.13. The summed E-state index contributed by atoms with van der Waals surface area (Å²) in [6, 6.07) is 10.0. The average Bonchev–Trinajstić information content (AvgIpc) is 2.36. The number of halogens is 1. The molecule has 0 amide bonds. The van der Waals surface area contributed by atoms with Crippen LogP contribution in [0.1, 0.15) is 39.5 Å². The molecule has 0 saturated heterocycles. The third-order valence-corrected chi connectivity index (χ3v) is 4.32. The van der Waals surface area contributed by atoms with E-state index in [1.54, 1.807) is 0 Å². The summed E-state index contributed by atoms with van der Waals surface area (Å²) in [6.45, 7) is 8.26. The lowest BCUT2D eigenvalue weighted by atomic mass is 9.91. The van der Waals surface area contributed by atoms with E-state index >= 15 is 0 Å². The van der Waals surface area contributed by atoms with Crippen molar-refractivity contribution in [1.29, 1.82) is 0 Å². The number of hydrogen-bond donors (Lipinski definition) is 1. The maximum Gasteiger partial charge on any atom is 0.0833 e. The Morgan fingerprint density at radius 1 is 1.05 bits per heavy atom. The number of aliphatic hydroxyl groups excluding tert-OH is 1. The van der Waals surface area contributed by atoms with Crippen LogP contribution in [0.25, 0.3) is 0 Å². The highest BCUT2D eigenvalue weighted by atomic mass is 35.5. The first kappa shape index (κ1) is 15.1. The van der Waals surface area contributed by atoms with Crippen LogP contribution in [0.3, 0.4) is 0 Å². The zero-order valence-electron chi connectivity index (χ0n) is 12.5. The van der Waals surface area contributed by atoms with Crippen LogP contribution >= 0.6 is 11.6 Å². The first-order valence-corrected chi connectivity index (χ1v) is 7.27. The zero-order chi connectivity index (χ0) is 14.9. The van der Waals surface area contributed by atoms with Crippen molar-refractivity contribution in [1.82, 2.24) is 0 Å². The van der Waals surface area contributed by atoms with Gasteiger partial charge in [0.25, 0.3) is 0 Å². The molecule has 1 unspecified atom stereocenters. The summed E-state index contributed by atoms with van der Waals surface area (Å²) in [5, 5.41) is 11.2. The minimum absolute atomic E-state index is 0.520. The van der Waals surface area contributed by atoms with E-state index < -0.39 is 6.10 Å². The van der Waals surface area contributed by atoms with Gasteiger partial charge < -0.3 is 5.11 Å². The van der Waals surface area contributed by atoms with E-state index in [2.05, 4.69) is 32.9 Å². The molecule has 1 atom stereocenters. The highest BCUT2D eigenvalue weighted by Crippen LogP contribution is 2.28. The van der Waals surface area contributed by atoms with E-state index in [0.29, 0.717) is 11.4 Å². The van der Waals surface area contributed by atoms with Gasteiger partial charge in [-0.2, -0.15) is 0 Å².